The minimum absolute atomic E-state index is 0.121. The van der Waals surface area contributed by atoms with Crippen LogP contribution < -0.4 is 5.32 Å². The number of anilines is 1. The number of hydrogen-bond acceptors (Lipinski definition) is 4. The predicted octanol–water partition coefficient (Wildman–Crippen LogP) is 1.80. The standard InChI is InChI=1S/C11H7F2N3O/c12-9-2-1-8(6-17)11(10(9)13)16-5-7(3-14)4-15/h1-2,5,16-17H,6H2. The smallest absolute Gasteiger partial charge is 0.182 e. The Balaban J connectivity index is 3.15. The highest BCUT2D eigenvalue weighted by Crippen LogP contribution is 2.22. The molecule has 2 N–H and O–H groups in total. The van der Waals surface area contributed by atoms with Gasteiger partial charge in [-0.1, -0.05) is 6.07 Å². The quantitative estimate of drug-likeness (QED) is 0.783. The number of halogens is 2. The van der Waals surface area contributed by atoms with Crippen LogP contribution in [-0.4, -0.2) is 5.11 Å². The Morgan fingerprint density at radius 3 is 2.53 bits per heavy atom. The van der Waals surface area contributed by atoms with Crippen molar-refractivity contribution in [3.8, 4) is 12.1 Å². The molecule has 0 bridgehead atoms. The molecule has 0 amide bonds. The summed E-state index contributed by atoms with van der Waals surface area (Å²) in [4.78, 5) is 0. The highest BCUT2D eigenvalue weighted by atomic mass is 19.2. The number of nitrogens with zero attached hydrogens (tertiary/aromatic N) is 2. The molecule has 1 aromatic rings. The largest absolute Gasteiger partial charge is 0.392 e. The van der Waals surface area contributed by atoms with Gasteiger partial charge in [0.05, 0.1) is 12.3 Å². The third-order valence-electron chi connectivity index (χ3n) is 1.95. The molecular weight excluding hydrogens is 228 g/mol. The molecule has 17 heavy (non-hydrogen) atoms. The number of benzene rings is 1. The van der Waals surface area contributed by atoms with Gasteiger partial charge in [0.2, 0.25) is 0 Å². The van der Waals surface area contributed by atoms with Gasteiger partial charge in [-0.3, -0.25) is 0 Å². The molecule has 0 aliphatic rings. The average molecular weight is 235 g/mol. The van der Waals surface area contributed by atoms with Crippen LogP contribution in [0.25, 0.3) is 0 Å². The van der Waals surface area contributed by atoms with Gasteiger partial charge in [-0.25, -0.2) is 8.78 Å². The number of aliphatic hydroxyl groups excluding tert-OH is 1. The van der Waals surface area contributed by atoms with Crippen LogP contribution in [-0.2, 0) is 6.61 Å². The zero-order chi connectivity index (χ0) is 12.8. The van der Waals surface area contributed by atoms with E-state index in [1.807, 2.05) is 0 Å². The Hall–Kier alpha value is -2.44. The van der Waals surface area contributed by atoms with E-state index in [4.69, 9.17) is 15.6 Å². The number of nitrogens with one attached hydrogen (secondary N) is 1. The van der Waals surface area contributed by atoms with Gasteiger partial charge in [0.15, 0.2) is 11.6 Å². The summed E-state index contributed by atoms with van der Waals surface area (Å²) in [6.07, 6.45) is 0.941. The SMILES string of the molecule is N#CC(C#N)=CNc1c(CO)ccc(F)c1F. The monoisotopic (exact) mass is 235 g/mol. The summed E-state index contributed by atoms with van der Waals surface area (Å²) in [5, 5.41) is 28.1. The van der Waals surface area contributed by atoms with E-state index in [2.05, 4.69) is 5.32 Å². The van der Waals surface area contributed by atoms with Crippen molar-refractivity contribution in [3.63, 3.8) is 0 Å². The molecule has 1 aromatic carbocycles. The van der Waals surface area contributed by atoms with E-state index >= 15 is 0 Å². The Labute approximate surface area is 96.0 Å². The van der Waals surface area contributed by atoms with Crippen LogP contribution in [0.15, 0.2) is 23.9 Å². The molecule has 0 saturated carbocycles. The molecule has 0 spiro atoms. The highest BCUT2D eigenvalue weighted by Gasteiger charge is 2.12. The Morgan fingerprint density at radius 2 is 2.00 bits per heavy atom. The van der Waals surface area contributed by atoms with Gasteiger partial charge in [-0.05, 0) is 6.07 Å². The zero-order valence-corrected chi connectivity index (χ0v) is 8.54. The molecule has 4 nitrogen and oxygen atoms in total. The summed E-state index contributed by atoms with van der Waals surface area (Å²) < 4.78 is 26.3. The van der Waals surface area contributed by atoms with E-state index in [0.29, 0.717) is 0 Å². The Bertz CT molecular complexity index is 525. The van der Waals surface area contributed by atoms with E-state index < -0.39 is 18.2 Å². The fourth-order valence-corrected chi connectivity index (χ4v) is 1.11. The molecule has 0 aromatic heterocycles. The van der Waals surface area contributed by atoms with Gasteiger partial charge in [0.25, 0.3) is 0 Å². The number of allylic oxidation sites excluding steroid dienone is 1. The molecule has 0 radical (unpaired) electrons. The van der Waals surface area contributed by atoms with Crippen LogP contribution in [0.4, 0.5) is 14.5 Å². The second kappa shape index (κ2) is 5.59. The first kappa shape index (κ1) is 12.6. The van der Waals surface area contributed by atoms with E-state index in [-0.39, 0.29) is 16.8 Å². The summed E-state index contributed by atoms with van der Waals surface area (Å²) in [6, 6.07) is 5.19. The fourth-order valence-electron chi connectivity index (χ4n) is 1.11. The van der Waals surface area contributed by atoms with Gasteiger partial charge in [0.1, 0.15) is 17.7 Å². The number of aliphatic hydroxyl groups is 1. The molecule has 0 atom stereocenters. The minimum Gasteiger partial charge on any atom is -0.392 e. The van der Waals surface area contributed by atoms with Gasteiger partial charge in [0, 0.05) is 11.8 Å². The number of hydrogen-bond donors (Lipinski definition) is 2. The first-order valence-electron chi connectivity index (χ1n) is 4.48. The summed E-state index contributed by atoms with van der Waals surface area (Å²) in [6.45, 7) is -0.498. The first-order valence-corrected chi connectivity index (χ1v) is 4.48. The molecule has 0 fully saturated rings. The third-order valence-corrected chi connectivity index (χ3v) is 1.95. The van der Waals surface area contributed by atoms with Gasteiger partial charge >= 0.3 is 0 Å². The summed E-state index contributed by atoms with van der Waals surface area (Å²) in [7, 11) is 0. The molecule has 0 aliphatic carbocycles. The van der Waals surface area contributed by atoms with Crippen LogP contribution in [0.2, 0.25) is 0 Å². The van der Waals surface area contributed by atoms with Crippen LogP contribution in [0, 0.1) is 34.3 Å². The molecule has 0 aliphatic heterocycles. The molecular formula is C11H7F2N3O. The van der Waals surface area contributed by atoms with Crippen molar-refractivity contribution in [1.82, 2.24) is 0 Å². The maximum absolute atomic E-state index is 13.4. The molecule has 0 saturated heterocycles. The van der Waals surface area contributed by atoms with Crippen molar-refractivity contribution < 1.29 is 13.9 Å². The summed E-state index contributed by atoms with van der Waals surface area (Å²) in [5.41, 5.74) is -0.469. The van der Waals surface area contributed by atoms with Crippen LogP contribution in [0.5, 0.6) is 0 Å². The minimum atomic E-state index is -1.18. The van der Waals surface area contributed by atoms with E-state index in [0.717, 1.165) is 12.3 Å². The van der Waals surface area contributed by atoms with Gasteiger partial charge < -0.3 is 10.4 Å². The number of nitriles is 2. The van der Waals surface area contributed by atoms with Crippen molar-refractivity contribution in [3.05, 3.63) is 41.1 Å². The van der Waals surface area contributed by atoms with Crippen LogP contribution >= 0.6 is 0 Å². The van der Waals surface area contributed by atoms with Crippen LogP contribution in [0.3, 0.4) is 0 Å². The first-order chi connectivity index (χ1) is 8.13. The number of rotatable bonds is 3. The third kappa shape index (κ3) is 2.77. The zero-order valence-electron chi connectivity index (χ0n) is 8.54. The molecule has 6 heteroatoms. The average Bonchev–Trinajstić information content (AvgIpc) is 2.35. The fraction of sp³-hybridized carbons (Fsp3) is 0.0909. The molecule has 1 rings (SSSR count). The lowest BCUT2D eigenvalue weighted by atomic mass is 10.1. The maximum Gasteiger partial charge on any atom is 0.182 e. The van der Waals surface area contributed by atoms with Gasteiger partial charge in [-0.15, -0.1) is 0 Å². The van der Waals surface area contributed by atoms with Gasteiger partial charge in [-0.2, -0.15) is 10.5 Å². The van der Waals surface area contributed by atoms with E-state index in [9.17, 15) is 8.78 Å². The normalized spacial score (nSPS) is 9.00. The lowest BCUT2D eigenvalue weighted by Crippen LogP contribution is -2.01. The van der Waals surface area contributed by atoms with Crippen molar-refractivity contribution in [2.45, 2.75) is 6.61 Å². The summed E-state index contributed by atoms with van der Waals surface area (Å²) in [5.74, 6) is -2.27. The molecule has 86 valence electrons. The second-order valence-corrected chi connectivity index (χ2v) is 2.98. The molecule has 0 unspecified atom stereocenters. The van der Waals surface area contributed by atoms with E-state index in [1.165, 1.54) is 6.07 Å². The van der Waals surface area contributed by atoms with E-state index in [1.54, 1.807) is 12.1 Å². The lowest BCUT2D eigenvalue weighted by Gasteiger charge is -2.08. The van der Waals surface area contributed by atoms with Crippen molar-refractivity contribution in [2.24, 2.45) is 0 Å². The lowest BCUT2D eigenvalue weighted by molar-refractivity contribution is 0.281. The van der Waals surface area contributed by atoms with Crippen molar-refractivity contribution in [2.75, 3.05) is 5.32 Å². The topological polar surface area (TPSA) is 79.8 Å². The Kier molecular flexibility index (Phi) is 4.15. The maximum atomic E-state index is 13.4. The van der Waals surface area contributed by atoms with Crippen molar-refractivity contribution in [1.29, 1.82) is 10.5 Å². The Morgan fingerprint density at radius 1 is 1.35 bits per heavy atom. The second-order valence-electron chi connectivity index (χ2n) is 2.98. The van der Waals surface area contributed by atoms with Crippen molar-refractivity contribution >= 4 is 5.69 Å². The summed E-state index contributed by atoms with van der Waals surface area (Å²) >= 11 is 0. The highest BCUT2D eigenvalue weighted by molar-refractivity contribution is 5.56. The van der Waals surface area contributed by atoms with Crippen LogP contribution in [0.1, 0.15) is 5.56 Å². The predicted molar refractivity (Wildman–Crippen MR) is 55.2 cm³/mol. The molecule has 0 heterocycles.